The molecular weight excluding hydrogens is 222 g/mol. The Hall–Kier alpha value is -1.02. The number of anilines is 1. The van der Waals surface area contributed by atoms with E-state index in [1.54, 1.807) is 0 Å². The van der Waals surface area contributed by atoms with E-state index in [9.17, 15) is 5.11 Å². The van der Waals surface area contributed by atoms with Gasteiger partial charge in [0, 0.05) is 12.2 Å². The van der Waals surface area contributed by atoms with Crippen LogP contribution >= 0.6 is 0 Å². The average molecular weight is 247 g/mol. The second-order valence-corrected chi connectivity index (χ2v) is 5.35. The lowest BCUT2D eigenvalue weighted by atomic mass is 10.0. The van der Waals surface area contributed by atoms with Crippen molar-refractivity contribution in [1.82, 2.24) is 0 Å². The van der Waals surface area contributed by atoms with Gasteiger partial charge in [-0.2, -0.15) is 0 Å². The predicted molar refractivity (Wildman–Crippen MR) is 77.1 cm³/mol. The summed E-state index contributed by atoms with van der Waals surface area (Å²) in [5.74, 6) is 0. The lowest BCUT2D eigenvalue weighted by molar-refractivity contribution is 0.133. The van der Waals surface area contributed by atoms with Gasteiger partial charge in [0.15, 0.2) is 0 Å². The molecule has 2 rings (SSSR count). The second kappa shape index (κ2) is 6.24. The molecule has 2 heteroatoms. The molecule has 0 aliphatic heterocycles. The van der Waals surface area contributed by atoms with E-state index in [1.807, 2.05) is 0 Å². The largest absolute Gasteiger partial charge is 0.391 e. The molecule has 0 bridgehead atoms. The van der Waals surface area contributed by atoms with Gasteiger partial charge in [0.05, 0.1) is 12.1 Å². The Kier molecular flexibility index (Phi) is 4.65. The van der Waals surface area contributed by atoms with E-state index >= 15 is 0 Å². The highest BCUT2D eigenvalue weighted by molar-refractivity contribution is 5.54. The number of aliphatic hydroxyl groups excluding tert-OH is 1. The first-order chi connectivity index (χ1) is 8.74. The molecule has 1 aliphatic rings. The molecule has 18 heavy (non-hydrogen) atoms. The van der Waals surface area contributed by atoms with Crippen molar-refractivity contribution in [2.24, 2.45) is 0 Å². The minimum absolute atomic E-state index is 0.174. The van der Waals surface area contributed by atoms with E-state index in [-0.39, 0.29) is 6.10 Å². The Bertz CT molecular complexity index is 377. The summed E-state index contributed by atoms with van der Waals surface area (Å²) in [6, 6.07) is 8.79. The molecule has 0 saturated heterocycles. The maximum atomic E-state index is 10.4. The zero-order valence-electron chi connectivity index (χ0n) is 11.6. The van der Waals surface area contributed by atoms with Gasteiger partial charge in [0.2, 0.25) is 0 Å². The fourth-order valence-electron chi connectivity index (χ4n) is 3.10. The monoisotopic (exact) mass is 247 g/mol. The number of aryl methyl sites for hydroxylation is 1. The van der Waals surface area contributed by atoms with Crippen LogP contribution in [0.3, 0.4) is 0 Å². The van der Waals surface area contributed by atoms with Crippen LogP contribution in [0.2, 0.25) is 0 Å². The number of hydrogen-bond acceptors (Lipinski definition) is 2. The molecule has 1 saturated carbocycles. The summed E-state index contributed by atoms with van der Waals surface area (Å²) in [5.41, 5.74) is 2.58. The first-order valence-electron chi connectivity index (χ1n) is 7.24. The zero-order valence-corrected chi connectivity index (χ0v) is 11.6. The molecule has 1 aromatic carbocycles. The average Bonchev–Trinajstić information content (AvgIpc) is 2.58. The molecule has 2 nitrogen and oxygen atoms in total. The number of aliphatic hydroxyl groups is 1. The van der Waals surface area contributed by atoms with E-state index in [4.69, 9.17) is 0 Å². The van der Waals surface area contributed by atoms with Crippen LogP contribution in [0.25, 0.3) is 0 Å². The lowest BCUT2D eigenvalue weighted by Crippen LogP contribution is -2.43. The third-order valence-corrected chi connectivity index (χ3v) is 4.11. The highest BCUT2D eigenvalue weighted by Crippen LogP contribution is 2.28. The van der Waals surface area contributed by atoms with Crippen molar-refractivity contribution >= 4 is 5.69 Å². The summed E-state index contributed by atoms with van der Waals surface area (Å²) in [5, 5.41) is 10.4. The predicted octanol–water partition coefficient (Wildman–Crippen LogP) is 3.51. The Morgan fingerprint density at radius 2 is 1.89 bits per heavy atom. The van der Waals surface area contributed by atoms with Crippen molar-refractivity contribution in [3.63, 3.8) is 0 Å². The van der Waals surface area contributed by atoms with Crippen LogP contribution in [0.4, 0.5) is 5.69 Å². The number of rotatable bonds is 3. The van der Waals surface area contributed by atoms with Gasteiger partial charge >= 0.3 is 0 Å². The van der Waals surface area contributed by atoms with Crippen molar-refractivity contribution in [2.75, 3.05) is 11.4 Å². The number of likely N-dealkylation sites (N-methyl/N-ethyl adjacent to an activating group) is 1. The summed E-state index contributed by atoms with van der Waals surface area (Å²) >= 11 is 0. The van der Waals surface area contributed by atoms with Gasteiger partial charge in [-0.3, -0.25) is 0 Å². The van der Waals surface area contributed by atoms with Gasteiger partial charge in [0.1, 0.15) is 0 Å². The number of para-hydroxylation sites is 1. The van der Waals surface area contributed by atoms with Crippen molar-refractivity contribution < 1.29 is 5.11 Å². The van der Waals surface area contributed by atoms with E-state index in [1.165, 1.54) is 30.5 Å². The fourth-order valence-corrected chi connectivity index (χ4v) is 3.10. The van der Waals surface area contributed by atoms with Crippen LogP contribution < -0.4 is 4.90 Å². The van der Waals surface area contributed by atoms with Gasteiger partial charge in [-0.05, 0) is 38.3 Å². The van der Waals surface area contributed by atoms with Crippen LogP contribution in [-0.2, 0) is 0 Å². The van der Waals surface area contributed by atoms with Crippen LogP contribution in [0, 0.1) is 6.92 Å². The summed E-state index contributed by atoms with van der Waals surface area (Å²) in [6.07, 6.45) is 5.56. The fraction of sp³-hybridized carbons (Fsp3) is 0.625. The van der Waals surface area contributed by atoms with Crippen molar-refractivity contribution in [3.05, 3.63) is 29.8 Å². The maximum Gasteiger partial charge on any atom is 0.0743 e. The van der Waals surface area contributed by atoms with Crippen LogP contribution in [0.15, 0.2) is 24.3 Å². The number of nitrogens with zero attached hydrogens (tertiary/aromatic N) is 1. The third-order valence-electron chi connectivity index (χ3n) is 4.11. The molecule has 2 unspecified atom stereocenters. The molecule has 0 radical (unpaired) electrons. The highest BCUT2D eigenvalue weighted by Gasteiger charge is 2.27. The van der Waals surface area contributed by atoms with Gasteiger partial charge in [0.25, 0.3) is 0 Å². The van der Waals surface area contributed by atoms with E-state index in [2.05, 4.69) is 43.0 Å². The lowest BCUT2D eigenvalue weighted by Gasteiger charge is -2.36. The normalized spacial score (nSPS) is 24.6. The van der Waals surface area contributed by atoms with Crippen molar-refractivity contribution in [2.45, 2.75) is 58.1 Å². The quantitative estimate of drug-likeness (QED) is 0.826. The van der Waals surface area contributed by atoms with Crippen molar-refractivity contribution in [3.8, 4) is 0 Å². The molecule has 2 atom stereocenters. The molecule has 0 amide bonds. The molecular formula is C16H25NO. The topological polar surface area (TPSA) is 23.5 Å². The third kappa shape index (κ3) is 2.86. The molecule has 1 aliphatic carbocycles. The first-order valence-corrected chi connectivity index (χ1v) is 7.24. The van der Waals surface area contributed by atoms with Crippen LogP contribution in [0.5, 0.6) is 0 Å². The summed E-state index contributed by atoms with van der Waals surface area (Å²) in [4.78, 5) is 2.39. The van der Waals surface area contributed by atoms with Gasteiger partial charge < -0.3 is 10.0 Å². The standard InChI is InChI=1S/C16H25NO/c1-3-17(14-10-8-7-9-13(14)2)15-11-5-4-6-12-16(15)18/h7-10,15-16,18H,3-6,11-12H2,1-2H3. The Morgan fingerprint density at radius 3 is 2.61 bits per heavy atom. The zero-order chi connectivity index (χ0) is 13.0. The van der Waals surface area contributed by atoms with Gasteiger partial charge in [-0.1, -0.05) is 37.5 Å². The molecule has 0 heterocycles. The van der Waals surface area contributed by atoms with E-state index in [0.717, 1.165) is 19.4 Å². The molecule has 1 N–H and O–H groups in total. The van der Waals surface area contributed by atoms with Gasteiger partial charge in [-0.15, -0.1) is 0 Å². The number of benzene rings is 1. The first kappa shape index (κ1) is 13.4. The molecule has 0 aromatic heterocycles. The minimum atomic E-state index is -0.174. The van der Waals surface area contributed by atoms with Crippen molar-refractivity contribution in [1.29, 1.82) is 0 Å². The Labute approximate surface area is 111 Å². The van der Waals surface area contributed by atoms with E-state index in [0.29, 0.717) is 6.04 Å². The molecule has 100 valence electrons. The van der Waals surface area contributed by atoms with Crippen LogP contribution in [0.1, 0.15) is 44.6 Å². The van der Waals surface area contributed by atoms with Gasteiger partial charge in [-0.25, -0.2) is 0 Å². The molecule has 0 spiro atoms. The van der Waals surface area contributed by atoms with Crippen LogP contribution in [-0.4, -0.2) is 23.8 Å². The SMILES string of the molecule is CCN(c1ccccc1C)C1CCCCCC1O. The summed E-state index contributed by atoms with van der Waals surface area (Å²) in [7, 11) is 0. The summed E-state index contributed by atoms with van der Waals surface area (Å²) in [6.45, 7) is 5.30. The Balaban J connectivity index is 2.24. The van der Waals surface area contributed by atoms with E-state index < -0.39 is 0 Å². The summed E-state index contributed by atoms with van der Waals surface area (Å²) < 4.78 is 0. The second-order valence-electron chi connectivity index (χ2n) is 5.35. The molecule has 1 aromatic rings. The Morgan fingerprint density at radius 1 is 1.17 bits per heavy atom. The number of hydrogen-bond donors (Lipinski definition) is 1. The minimum Gasteiger partial charge on any atom is -0.391 e. The highest BCUT2D eigenvalue weighted by atomic mass is 16.3. The maximum absolute atomic E-state index is 10.4. The smallest absolute Gasteiger partial charge is 0.0743 e. The molecule has 1 fully saturated rings.